The number of nitrogens with zero attached hydrogens (tertiary/aromatic N) is 3. The summed E-state index contributed by atoms with van der Waals surface area (Å²) in [6, 6.07) is 6.20. The van der Waals surface area contributed by atoms with Crippen LogP contribution in [0.1, 0.15) is 17.3 Å². The number of likely N-dealkylation sites (tertiary alicyclic amines) is 1. The van der Waals surface area contributed by atoms with Crippen molar-refractivity contribution >= 4 is 0 Å². The predicted molar refractivity (Wildman–Crippen MR) is 87.3 cm³/mol. The van der Waals surface area contributed by atoms with Crippen molar-refractivity contribution < 1.29 is 18.6 Å². The standard InChI is InChI=1S/C18H21N3O4/c1-12-19-20-17(25-12)5-18-9-21(7-14(18)8-22-10-18)6-13-2-3-15-16(4-13)24-11-23-15/h2-4,14H,5-11H2,1H3/t14-,18+/m0/s1. The summed E-state index contributed by atoms with van der Waals surface area (Å²) in [6.07, 6.45) is 0.788. The van der Waals surface area contributed by atoms with Gasteiger partial charge in [0.05, 0.1) is 13.2 Å². The highest BCUT2D eigenvalue weighted by molar-refractivity contribution is 5.44. The van der Waals surface area contributed by atoms with Gasteiger partial charge in [0.15, 0.2) is 11.5 Å². The second kappa shape index (κ2) is 5.71. The molecule has 2 aromatic rings. The maximum absolute atomic E-state index is 5.80. The smallest absolute Gasteiger partial charge is 0.231 e. The van der Waals surface area contributed by atoms with Crippen LogP contribution in [0.2, 0.25) is 0 Å². The van der Waals surface area contributed by atoms with Crippen LogP contribution < -0.4 is 9.47 Å². The number of hydrogen-bond donors (Lipinski definition) is 0. The summed E-state index contributed by atoms with van der Waals surface area (Å²) in [5.41, 5.74) is 1.32. The van der Waals surface area contributed by atoms with Crippen molar-refractivity contribution in [3.05, 3.63) is 35.5 Å². The van der Waals surface area contributed by atoms with Gasteiger partial charge in [-0.1, -0.05) is 6.07 Å². The first-order chi connectivity index (χ1) is 12.2. The van der Waals surface area contributed by atoms with Crippen LogP contribution in [0, 0.1) is 18.3 Å². The van der Waals surface area contributed by atoms with E-state index in [2.05, 4.69) is 27.2 Å². The molecule has 2 atom stereocenters. The Kier molecular flexibility index (Phi) is 3.46. The molecule has 0 aliphatic carbocycles. The topological polar surface area (TPSA) is 69.9 Å². The molecular formula is C18H21N3O4. The van der Waals surface area contributed by atoms with Crippen LogP contribution in [0.4, 0.5) is 0 Å². The lowest BCUT2D eigenvalue weighted by molar-refractivity contribution is 0.123. The third kappa shape index (κ3) is 2.67. The van der Waals surface area contributed by atoms with E-state index in [1.54, 1.807) is 0 Å². The van der Waals surface area contributed by atoms with Crippen molar-refractivity contribution in [2.45, 2.75) is 19.9 Å². The van der Waals surface area contributed by atoms with Gasteiger partial charge in [0.1, 0.15) is 0 Å². The molecule has 0 bridgehead atoms. The second-order valence-electron chi connectivity index (χ2n) is 7.32. The van der Waals surface area contributed by atoms with E-state index in [0.717, 1.165) is 56.7 Å². The van der Waals surface area contributed by atoms with Crippen molar-refractivity contribution in [3.8, 4) is 11.5 Å². The molecule has 3 aliphatic rings. The maximum atomic E-state index is 5.80. The molecule has 2 fully saturated rings. The van der Waals surface area contributed by atoms with E-state index in [1.807, 2.05) is 13.0 Å². The molecule has 7 nitrogen and oxygen atoms in total. The van der Waals surface area contributed by atoms with Crippen LogP contribution >= 0.6 is 0 Å². The summed E-state index contributed by atoms with van der Waals surface area (Å²) in [5, 5.41) is 8.15. The first-order valence-electron chi connectivity index (χ1n) is 8.68. The van der Waals surface area contributed by atoms with E-state index in [4.69, 9.17) is 18.6 Å². The summed E-state index contributed by atoms with van der Waals surface area (Å²) in [6.45, 7) is 6.63. The van der Waals surface area contributed by atoms with Crippen molar-refractivity contribution in [1.82, 2.24) is 15.1 Å². The fourth-order valence-corrected chi connectivity index (χ4v) is 4.32. The van der Waals surface area contributed by atoms with Crippen molar-refractivity contribution in [2.24, 2.45) is 11.3 Å². The Morgan fingerprint density at radius 1 is 1.24 bits per heavy atom. The fraction of sp³-hybridized carbons (Fsp3) is 0.556. The lowest BCUT2D eigenvalue weighted by atomic mass is 9.78. The van der Waals surface area contributed by atoms with E-state index in [1.165, 1.54) is 5.56 Å². The number of aromatic nitrogens is 2. The monoisotopic (exact) mass is 343 g/mol. The Labute approximate surface area is 145 Å². The minimum Gasteiger partial charge on any atom is -0.454 e. The van der Waals surface area contributed by atoms with Gasteiger partial charge >= 0.3 is 0 Å². The largest absolute Gasteiger partial charge is 0.454 e. The first-order valence-corrected chi connectivity index (χ1v) is 8.68. The molecule has 0 saturated carbocycles. The van der Waals surface area contributed by atoms with Gasteiger partial charge in [0.2, 0.25) is 18.6 Å². The van der Waals surface area contributed by atoms with E-state index in [9.17, 15) is 0 Å². The third-order valence-electron chi connectivity index (χ3n) is 5.51. The van der Waals surface area contributed by atoms with Gasteiger partial charge in [-0.15, -0.1) is 10.2 Å². The Bertz CT molecular complexity index is 792. The van der Waals surface area contributed by atoms with E-state index < -0.39 is 0 Å². The Morgan fingerprint density at radius 2 is 2.16 bits per heavy atom. The van der Waals surface area contributed by atoms with Crippen LogP contribution in [0.3, 0.4) is 0 Å². The molecule has 2 saturated heterocycles. The van der Waals surface area contributed by atoms with Gasteiger partial charge in [-0.2, -0.15) is 0 Å². The summed E-state index contributed by atoms with van der Waals surface area (Å²) in [7, 11) is 0. The van der Waals surface area contributed by atoms with Gasteiger partial charge in [0, 0.05) is 44.3 Å². The molecule has 3 aliphatic heterocycles. The zero-order valence-electron chi connectivity index (χ0n) is 14.2. The average molecular weight is 343 g/mol. The molecule has 25 heavy (non-hydrogen) atoms. The highest BCUT2D eigenvalue weighted by Crippen LogP contribution is 2.44. The zero-order valence-corrected chi connectivity index (χ0v) is 14.2. The molecule has 0 radical (unpaired) electrons. The zero-order chi connectivity index (χ0) is 16.9. The minimum atomic E-state index is 0.0787. The molecule has 4 heterocycles. The molecule has 1 aromatic carbocycles. The number of fused-ring (bicyclic) bond motifs is 2. The predicted octanol–water partition coefficient (Wildman–Crippen LogP) is 1.80. The van der Waals surface area contributed by atoms with Crippen LogP contribution in [-0.4, -0.2) is 48.2 Å². The van der Waals surface area contributed by atoms with Gasteiger partial charge in [-0.25, -0.2) is 0 Å². The molecule has 7 heteroatoms. The van der Waals surface area contributed by atoms with Crippen molar-refractivity contribution in [2.75, 3.05) is 33.1 Å². The minimum absolute atomic E-state index is 0.0787. The third-order valence-corrected chi connectivity index (χ3v) is 5.51. The molecule has 0 spiro atoms. The molecule has 0 amide bonds. The summed E-state index contributed by atoms with van der Waals surface area (Å²) in [5.74, 6) is 3.53. The number of ether oxygens (including phenoxy) is 3. The van der Waals surface area contributed by atoms with E-state index in [0.29, 0.717) is 18.6 Å². The first kappa shape index (κ1) is 15.2. The van der Waals surface area contributed by atoms with Gasteiger partial charge in [-0.3, -0.25) is 4.90 Å². The lowest BCUT2D eigenvalue weighted by Crippen LogP contribution is -2.33. The van der Waals surface area contributed by atoms with Crippen LogP contribution in [0.25, 0.3) is 0 Å². The van der Waals surface area contributed by atoms with Gasteiger partial charge in [-0.05, 0) is 17.7 Å². The highest BCUT2D eigenvalue weighted by Gasteiger charge is 2.51. The molecule has 0 N–H and O–H groups in total. The lowest BCUT2D eigenvalue weighted by Gasteiger charge is -2.25. The summed E-state index contributed by atoms with van der Waals surface area (Å²) >= 11 is 0. The Balaban J connectivity index is 1.32. The SMILES string of the molecule is Cc1nnc(C[C@@]23COC[C@@H]2CN(Cc2ccc4c(c2)OCO4)C3)o1. The maximum Gasteiger partial charge on any atom is 0.231 e. The highest BCUT2D eigenvalue weighted by atomic mass is 16.7. The molecule has 0 unspecified atom stereocenters. The Morgan fingerprint density at radius 3 is 3.04 bits per heavy atom. The summed E-state index contributed by atoms with van der Waals surface area (Å²) in [4.78, 5) is 2.49. The molecular weight excluding hydrogens is 322 g/mol. The van der Waals surface area contributed by atoms with Crippen molar-refractivity contribution in [1.29, 1.82) is 0 Å². The van der Waals surface area contributed by atoms with E-state index in [-0.39, 0.29) is 5.41 Å². The quantitative estimate of drug-likeness (QED) is 0.838. The molecule has 132 valence electrons. The number of aryl methyl sites for hydroxylation is 1. The van der Waals surface area contributed by atoms with E-state index >= 15 is 0 Å². The van der Waals surface area contributed by atoms with Crippen LogP contribution in [0.15, 0.2) is 22.6 Å². The fourth-order valence-electron chi connectivity index (χ4n) is 4.32. The molecule has 1 aromatic heterocycles. The van der Waals surface area contributed by atoms with Gasteiger partial charge < -0.3 is 18.6 Å². The normalized spacial score (nSPS) is 27.8. The number of benzene rings is 1. The summed E-state index contributed by atoms with van der Waals surface area (Å²) < 4.78 is 22.3. The molecule has 5 rings (SSSR count). The number of hydrogen-bond acceptors (Lipinski definition) is 7. The van der Waals surface area contributed by atoms with Crippen LogP contribution in [0.5, 0.6) is 11.5 Å². The number of rotatable bonds is 4. The van der Waals surface area contributed by atoms with Crippen LogP contribution in [-0.2, 0) is 17.7 Å². The second-order valence-corrected chi connectivity index (χ2v) is 7.32. The van der Waals surface area contributed by atoms with Gasteiger partial charge in [0.25, 0.3) is 0 Å². The average Bonchev–Trinajstić information content (AvgIpc) is 3.32. The Hall–Kier alpha value is -2.12. The van der Waals surface area contributed by atoms with Crippen molar-refractivity contribution in [3.63, 3.8) is 0 Å².